The molecule has 2 aliphatic rings. The molecule has 0 fully saturated rings. The molecule has 0 radical (unpaired) electrons. The minimum Gasteiger partial charge on any atom is -0.508 e. The van der Waals surface area contributed by atoms with Crippen LogP contribution in [0.2, 0.25) is 0 Å². The number of carbonyl (C=O) groups is 1. The smallest absolute Gasteiger partial charge is 0.335 e. The van der Waals surface area contributed by atoms with Crippen molar-refractivity contribution in [2.45, 2.75) is 39.0 Å². The summed E-state index contributed by atoms with van der Waals surface area (Å²) in [6.07, 6.45) is 4.92. The molecule has 1 unspecified atom stereocenters. The first-order valence-electron chi connectivity index (χ1n) is 8.27. The highest BCUT2D eigenvalue weighted by molar-refractivity contribution is 5.92. The van der Waals surface area contributed by atoms with Crippen LogP contribution in [0.3, 0.4) is 0 Å². The van der Waals surface area contributed by atoms with Gasteiger partial charge in [0.1, 0.15) is 5.75 Å². The Hall–Kier alpha value is -2.29. The Kier molecular flexibility index (Phi) is 3.19. The second-order valence-electron chi connectivity index (χ2n) is 6.94. The van der Waals surface area contributed by atoms with Gasteiger partial charge in [0, 0.05) is 0 Å². The maximum atomic E-state index is 11.3. The highest BCUT2D eigenvalue weighted by atomic mass is 16.4. The van der Waals surface area contributed by atoms with E-state index in [2.05, 4.69) is 6.92 Å². The molecule has 0 saturated carbocycles. The first kappa shape index (κ1) is 14.3. The van der Waals surface area contributed by atoms with Gasteiger partial charge in [-0.15, -0.1) is 0 Å². The summed E-state index contributed by atoms with van der Waals surface area (Å²) in [5, 5.41) is 19.8. The van der Waals surface area contributed by atoms with Gasteiger partial charge in [-0.1, -0.05) is 19.4 Å². The Morgan fingerprint density at radius 1 is 1.17 bits per heavy atom. The predicted molar refractivity (Wildman–Crippen MR) is 89.1 cm³/mol. The molecule has 3 heteroatoms. The summed E-state index contributed by atoms with van der Waals surface area (Å²) in [6.45, 7) is 2.26. The lowest BCUT2D eigenvalue weighted by Crippen LogP contribution is -2.02. The van der Waals surface area contributed by atoms with E-state index < -0.39 is 5.97 Å². The van der Waals surface area contributed by atoms with E-state index in [-0.39, 0.29) is 0 Å². The van der Waals surface area contributed by atoms with Gasteiger partial charge >= 0.3 is 5.97 Å². The van der Waals surface area contributed by atoms with Crippen LogP contribution in [0.4, 0.5) is 0 Å². The first-order valence-corrected chi connectivity index (χ1v) is 8.27. The van der Waals surface area contributed by atoms with E-state index in [9.17, 15) is 15.0 Å². The van der Waals surface area contributed by atoms with Crippen LogP contribution in [-0.2, 0) is 19.3 Å². The van der Waals surface area contributed by atoms with Crippen molar-refractivity contribution in [3.05, 3.63) is 52.1 Å². The van der Waals surface area contributed by atoms with Crippen LogP contribution in [0, 0.1) is 5.92 Å². The summed E-state index contributed by atoms with van der Waals surface area (Å²) < 4.78 is 0. The van der Waals surface area contributed by atoms with Crippen molar-refractivity contribution in [2.24, 2.45) is 5.92 Å². The van der Waals surface area contributed by atoms with Gasteiger partial charge in [-0.3, -0.25) is 0 Å². The predicted octanol–water partition coefficient (Wildman–Crippen LogP) is 4.18. The Morgan fingerprint density at radius 3 is 2.78 bits per heavy atom. The summed E-state index contributed by atoms with van der Waals surface area (Å²) in [5.41, 5.74) is 7.17. The highest BCUT2D eigenvalue weighted by Gasteiger charge is 2.28. The molecule has 0 aliphatic heterocycles. The van der Waals surface area contributed by atoms with Gasteiger partial charge in [0.05, 0.1) is 5.56 Å². The molecule has 0 bridgehead atoms. The number of carboxylic acids is 1. The van der Waals surface area contributed by atoms with Crippen LogP contribution in [0.1, 0.15) is 52.4 Å². The molecular weight excluding hydrogens is 288 g/mol. The van der Waals surface area contributed by atoms with E-state index >= 15 is 0 Å². The maximum absolute atomic E-state index is 11.3. The number of hydrogen-bond acceptors (Lipinski definition) is 2. The number of hydrogen-bond donors (Lipinski definition) is 2. The second-order valence-corrected chi connectivity index (χ2v) is 6.94. The zero-order valence-electron chi connectivity index (χ0n) is 13.2. The third-order valence-corrected chi connectivity index (χ3v) is 5.29. The standard InChI is InChI=1S/C20H20O3/c1-11-3-2-4-15-17(7-11)19-14(10-18(15)21)8-12-5-6-13(20(22)23)9-16(12)19/h5-6,9-11,21H,2-4,7-8H2,1H3,(H,22,23). The molecule has 0 spiro atoms. The Morgan fingerprint density at radius 2 is 2.00 bits per heavy atom. The topological polar surface area (TPSA) is 57.5 Å². The molecule has 2 aromatic rings. The molecule has 2 aliphatic carbocycles. The Labute approximate surface area is 135 Å². The van der Waals surface area contributed by atoms with Gasteiger partial charge < -0.3 is 10.2 Å². The minimum atomic E-state index is -0.889. The quantitative estimate of drug-likeness (QED) is 0.663. The number of fused-ring (bicyclic) bond motifs is 5. The third kappa shape index (κ3) is 2.23. The first-order chi connectivity index (χ1) is 11.0. The Bertz CT molecular complexity index is 820. The number of rotatable bonds is 1. The van der Waals surface area contributed by atoms with Crippen molar-refractivity contribution >= 4 is 5.97 Å². The zero-order valence-corrected chi connectivity index (χ0v) is 13.2. The fourth-order valence-electron chi connectivity index (χ4n) is 4.18. The number of benzene rings is 2. The fourth-order valence-corrected chi connectivity index (χ4v) is 4.18. The Balaban J connectivity index is 1.96. The molecule has 0 saturated heterocycles. The van der Waals surface area contributed by atoms with E-state index in [1.54, 1.807) is 12.1 Å². The zero-order chi connectivity index (χ0) is 16.1. The van der Waals surface area contributed by atoms with E-state index in [1.165, 1.54) is 17.5 Å². The maximum Gasteiger partial charge on any atom is 0.335 e. The number of aromatic hydroxyl groups is 1. The molecular formula is C20H20O3. The second kappa shape index (κ2) is 5.12. The normalized spacial score (nSPS) is 18.7. The molecule has 23 heavy (non-hydrogen) atoms. The monoisotopic (exact) mass is 308 g/mol. The fraction of sp³-hybridized carbons (Fsp3) is 0.350. The average Bonchev–Trinajstić information content (AvgIpc) is 2.74. The summed E-state index contributed by atoms with van der Waals surface area (Å²) in [7, 11) is 0. The van der Waals surface area contributed by atoms with Gasteiger partial charge in [0.2, 0.25) is 0 Å². The van der Waals surface area contributed by atoms with Gasteiger partial charge in [-0.05, 0) is 83.2 Å². The van der Waals surface area contributed by atoms with Crippen molar-refractivity contribution < 1.29 is 15.0 Å². The summed E-state index contributed by atoms with van der Waals surface area (Å²) >= 11 is 0. The van der Waals surface area contributed by atoms with Gasteiger partial charge in [0.25, 0.3) is 0 Å². The van der Waals surface area contributed by atoms with Crippen molar-refractivity contribution in [1.82, 2.24) is 0 Å². The third-order valence-electron chi connectivity index (χ3n) is 5.29. The van der Waals surface area contributed by atoms with Crippen molar-refractivity contribution in [2.75, 3.05) is 0 Å². The molecule has 4 rings (SSSR count). The van der Waals surface area contributed by atoms with E-state index in [0.717, 1.165) is 47.9 Å². The van der Waals surface area contributed by atoms with Gasteiger partial charge in [-0.2, -0.15) is 0 Å². The SMILES string of the molecule is CC1CCCc2c(O)cc3c(c2C1)-c1cc(C(=O)O)ccc1C3. The van der Waals surface area contributed by atoms with E-state index in [0.29, 0.717) is 17.2 Å². The summed E-state index contributed by atoms with van der Waals surface area (Å²) in [5.74, 6) is 0.118. The molecule has 1 atom stereocenters. The highest BCUT2D eigenvalue weighted by Crippen LogP contribution is 2.45. The van der Waals surface area contributed by atoms with Crippen LogP contribution in [0.15, 0.2) is 24.3 Å². The summed E-state index contributed by atoms with van der Waals surface area (Å²) in [4.78, 5) is 11.3. The molecule has 0 heterocycles. The molecule has 2 aromatic carbocycles. The van der Waals surface area contributed by atoms with Crippen molar-refractivity contribution in [3.63, 3.8) is 0 Å². The summed E-state index contributed by atoms with van der Waals surface area (Å²) in [6, 6.07) is 7.29. The number of aromatic carboxylic acids is 1. The number of phenolic OH excluding ortho intramolecular Hbond substituents is 1. The average molecular weight is 308 g/mol. The molecule has 0 amide bonds. The molecule has 0 aromatic heterocycles. The van der Waals surface area contributed by atoms with Crippen LogP contribution < -0.4 is 0 Å². The van der Waals surface area contributed by atoms with Crippen LogP contribution in [-0.4, -0.2) is 16.2 Å². The van der Waals surface area contributed by atoms with Crippen LogP contribution >= 0.6 is 0 Å². The van der Waals surface area contributed by atoms with Crippen molar-refractivity contribution in [3.8, 4) is 16.9 Å². The molecule has 2 N–H and O–H groups in total. The van der Waals surface area contributed by atoms with Crippen LogP contribution in [0.25, 0.3) is 11.1 Å². The van der Waals surface area contributed by atoms with E-state index in [4.69, 9.17) is 0 Å². The molecule has 118 valence electrons. The van der Waals surface area contributed by atoms with Gasteiger partial charge in [-0.25, -0.2) is 4.79 Å². The minimum absolute atomic E-state index is 0.333. The van der Waals surface area contributed by atoms with Gasteiger partial charge in [0.15, 0.2) is 0 Å². The molecule has 3 nitrogen and oxygen atoms in total. The number of carboxylic acid groups (broad SMARTS) is 1. The lowest BCUT2D eigenvalue weighted by molar-refractivity contribution is 0.0697. The van der Waals surface area contributed by atoms with Crippen LogP contribution in [0.5, 0.6) is 5.75 Å². The van der Waals surface area contributed by atoms with E-state index in [1.807, 2.05) is 12.1 Å². The largest absolute Gasteiger partial charge is 0.508 e. The lowest BCUT2D eigenvalue weighted by atomic mass is 9.89. The lowest BCUT2D eigenvalue weighted by Gasteiger charge is -2.16. The van der Waals surface area contributed by atoms with Crippen molar-refractivity contribution in [1.29, 1.82) is 0 Å². The number of phenols is 1.